The maximum absolute atomic E-state index is 12.2. The second-order valence-electron chi connectivity index (χ2n) is 6.44. The van der Waals surface area contributed by atoms with Crippen molar-refractivity contribution in [1.29, 1.82) is 0 Å². The van der Waals surface area contributed by atoms with Crippen LogP contribution in [-0.4, -0.2) is 32.3 Å². The molecule has 0 spiro atoms. The fourth-order valence-electron chi connectivity index (χ4n) is 2.91. The number of hydrogen-bond acceptors (Lipinski definition) is 5. The Morgan fingerprint density at radius 3 is 2.57 bits per heavy atom. The van der Waals surface area contributed by atoms with Crippen molar-refractivity contribution in [3.63, 3.8) is 0 Å². The topological polar surface area (TPSA) is 118 Å². The fraction of sp³-hybridized carbons (Fsp3) is 0.278. The van der Waals surface area contributed by atoms with Crippen LogP contribution in [0.25, 0.3) is 0 Å². The highest BCUT2D eigenvalue weighted by atomic mass is 35.5. The van der Waals surface area contributed by atoms with Crippen molar-refractivity contribution in [2.75, 3.05) is 13.1 Å². The molecule has 1 aliphatic rings. The van der Waals surface area contributed by atoms with Gasteiger partial charge in [0.25, 0.3) is 5.69 Å². The molecule has 2 N–H and O–H groups in total. The number of carbonyl (C=O) groups excluding carboxylic acids is 1. The summed E-state index contributed by atoms with van der Waals surface area (Å²) >= 11 is 5.86. The summed E-state index contributed by atoms with van der Waals surface area (Å²) in [5, 5.41) is 14.1. The van der Waals surface area contributed by atoms with Gasteiger partial charge >= 0.3 is 0 Å². The van der Waals surface area contributed by atoms with Gasteiger partial charge in [0.15, 0.2) is 0 Å². The summed E-state index contributed by atoms with van der Waals surface area (Å²) < 4.78 is 26.7. The Morgan fingerprint density at radius 1 is 1.18 bits per heavy atom. The number of non-ortho nitro benzene ring substituents is 1. The number of halogens is 1. The molecule has 2 atom stereocenters. The first-order valence-electron chi connectivity index (χ1n) is 8.55. The molecule has 2 unspecified atom stereocenters. The highest BCUT2D eigenvalue weighted by Crippen LogP contribution is 2.47. The van der Waals surface area contributed by atoms with Crippen molar-refractivity contribution in [3.8, 4) is 0 Å². The number of sulfonamides is 1. The van der Waals surface area contributed by atoms with Crippen molar-refractivity contribution >= 4 is 33.2 Å². The molecule has 2 aromatic carbocycles. The Morgan fingerprint density at radius 2 is 1.89 bits per heavy atom. The van der Waals surface area contributed by atoms with Crippen LogP contribution in [0.5, 0.6) is 0 Å². The van der Waals surface area contributed by atoms with E-state index in [1.54, 1.807) is 12.1 Å². The minimum Gasteiger partial charge on any atom is -0.355 e. The lowest BCUT2D eigenvalue weighted by molar-refractivity contribution is -0.385. The van der Waals surface area contributed by atoms with Gasteiger partial charge in [-0.2, -0.15) is 0 Å². The van der Waals surface area contributed by atoms with E-state index in [2.05, 4.69) is 10.0 Å². The predicted molar refractivity (Wildman–Crippen MR) is 104 cm³/mol. The quantitative estimate of drug-likeness (QED) is 0.384. The predicted octanol–water partition coefficient (Wildman–Crippen LogP) is 2.45. The third-order valence-corrected chi connectivity index (χ3v) is 6.19. The summed E-state index contributed by atoms with van der Waals surface area (Å²) in [6.45, 7) is 0.103. The van der Waals surface area contributed by atoms with Gasteiger partial charge < -0.3 is 5.32 Å². The van der Waals surface area contributed by atoms with Crippen LogP contribution in [0, 0.1) is 16.0 Å². The van der Waals surface area contributed by atoms with Crippen LogP contribution in [0.4, 0.5) is 5.69 Å². The number of amides is 1. The van der Waals surface area contributed by atoms with Crippen molar-refractivity contribution in [2.45, 2.75) is 17.2 Å². The number of rotatable bonds is 8. The van der Waals surface area contributed by atoms with Crippen LogP contribution in [0.2, 0.25) is 5.02 Å². The molecule has 10 heteroatoms. The molecule has 2 aromatic rings. The Hall–Kier alpha value is -2.49. The molecule has 0 heterocycles. The van der Waals surface area contributed by atoms with Crippen LogP contribution in [0.3, 0.4) is 0 Å². The standard InChI is InChI=1S/C18H18ClN3O5S/c19-13-6-4-12(5-7-13)16-11-17(16)18(23)20-8-9-21-28(26,27)15-3-1-2-14(10-15)22(24)25/h1-7,10,16-17,21H,8-9,11H2,(H,20,23). The van der Waals surface area contributed by atoms with E-state index in [-0.39, 0.29) is 41.4 Å². The van der Waals surface area contributed by atoms with Crippen LogP contribution < -0.4 is 10.0 Å². The summed E-state index contributed by atoms with van der Waals surface area (Å²) in [5.41, 5.74) is 0.745. The molecule has 0 bridgehead atoms. The highest BCUT2D eigenvalue weighted by Gasteiger charge is 2.43. The number of benzene rings is 2. The Labute approximate surface area is 167 Å². The van der Waals surface area contributed by atoms with Gasteiger partial charge in [-0.3, -0.25) is 14.9 Å². The second kappa shape index (κ2) is 8.26. The Kier molecular flexibility index (Phi) is 5.97. The fourth-order valence-corrected chi connectivity index (χ4v) is 4.11. The van der Waals surface area contributed by atoms with E-state index < -0.39 is 14.9 Å². The lowest BCUT2D eigenvalue weighted by Crippen LogP contribution is -2.35. The van der Waals surface area contributed by atoms with Crippen LogP contribution in [0.1, 0.15) is 17.9 Å². The number of nitrogens with zero attached hydrogens (tertiary/aromatic N) is 1. The van der Waals surface area contributed by atoms with E-state index in [1.165, 1.54) is 18.2 Å². The summed E-state index contributed by atoms with van der Waals surface area (Å²) in [4.78, 5) is 22.1. The molecule has 1 aliphatic carbocycles. The van der Waals surface area contributed by atoms with Gasteiger partial charge in [0, 0.05) is 36.2 Å². The molecule has 0 aromatic heterocycles. The van der Waals surface area contributed by atoms with E-state index in [4.69, 9.17) is 11.6 Å². The van der Waals surface area contributed by atoms with Crippen molar-refractivity contribution in [3.05, 3.63) is 69.2 Å². The largest absolute Gasteiger partial charge is 0.355 e. The molecule has 1 amide bonds. The van der Waals surface area contributed by atoms with Crippen molar-refractivity contribution in [2.24, 2.45) is 5.92 Å². The monoisotopic (exact) mass is 423 g/mol. The maximum Gasteiger partial charge on any atom is 0.270 e. The minimum atomic E-state index is -3.89. The lowest BCUT2D eigenvalue weighted by atomic mass is 10.1. The smallest absolute Gasteiger partial charge is 0.270 e. The van der Waals surface area contributed by atoms with Crippen LogP contribution >= 0.6 is 11.6 Å². The third kappa shape index (κ3) is 4.86. The molecule has 1 fully saturated rings. The molecular formula is C18H18ClN3O5S. The molecule has 28 heavy (non-hydrogen) atoms. The van der Waals surface area contributed by atoms with E-state index in [0.717, 1.165) is 18.1 Å². The summed E-state index contributed by atoms with van der Waals surface area (Å²) in [6, 6.07) is 12.1. The molecular weight excluding hydrogens is 406 g/mol. The van der Waals surface area contributed by atoms with E-state index in [0.29, 0.717) is 5.02 Å². The molecule has 1 saturated carbocycles. The minimum absolute atomic E-state index is 0.0188. The zero-order valence-electron chi connectivity index (χ0n) is 14.7. The van der Waals surface area contributed by atoms with Crippen LogP contribution in [-0.2, 0) is 14.8 Å². The first-order valence-corrected chi connectivity index (χ1v) is 10.4. The van der Waals surface area contributed by atoms with Gasteiger partial charge in [0.2, 0.25) is 15.9 Å². The highest BCUT2D eigenvalue weighted by molar-refractivity contribution is 7.89. The zero-order valence-corrected chi connectivity index (χ0v) is 16.2. The summed E-state index contributed by atoms with van der Waals surface area (Å²) in [5.74, 6) is -0.108. The first kappa shape index (κ1) is 20.2. The van der Waals surface area contributed by atoms with Crippen LogP contribution in [0.15, 0.2) is 53.4 Å². The second-order valence-corrected chi connectivity index (χ2v) is 8.65. The van der Waals surface area contributed by atoms with Gasteiger partial charge in [-0.15, -0.1) is 0 Å². The molecule has 0 radical (unpaired) electrons. The maximum atomic E-state index is 12.2. The normalized spacial score (nSPS) is 18.5. The SMILES string of the molecule is O=C(NCCNS(=O)(=O)c1cccc([N+](=O)[O-])c1)C1CC1c1ccc(Cl)cc1. The number of carbonyl (C=O) groups is 1. The van der Waals surface area contributed by atoms with Gasteiger partial charge in [-0.1, -0.05) is 29.8 Å². The van der Waals surface area contributed by atoms with Crippen molar-refractivity contribution in [1.82, 2.24) is 10.0 Å². The van der Waals surface area contributed by atoms with E-state index >= 15 is 0 Å². The van der Waals surface area contributed by atoms with E-state index in [9.17, 15) is 23.3 Å². The number of nitrogens with one attached hydrogen (secondary N) is 2. The van der Waals surface area contributed by atoms with Gasteiger partial charge in [0.05, 0.1) is 9.82 Å². The third-order valence-electron chi connectivity index (χ3n) is 4.48. The molecule has 148 valence electrons. The van der Waals surface area contributed by atoms with E-state index in [1.807, 2.05) is 12.1 Å². The number of nitro benzene ring substituents is 1. The van der Waals surface area contributed by atoms with Gasteiger partial charge in [-0.25, -0.2) is 13.1 Å². The van der Waals surface area contributed by atoms with Crippen molar-refractivity contribution < 1.29 is 18.1 Å². The van der Waals surface area contributed by atoms with Gasteiger partial charge in [-0.05, 0) is 36.1 Å². The lowest BCUT2D eigenvalue weighted by Gasteiger charge is -2.08. The molecule has 3 rings (SSSR count). The number of nitro groups is 1. The molecule has 0 saturated heterocycles. The Bertz CT molecular complexity index is 995. The zero-order chi connectivity index (χ0) is 20.3. The van der Waals surface area contributed by atoms with Gasteiger partial charge in [0.1, 0.15) is 0 Å². The average Bonchev–Trinajstić information content (AvgIpc) is 3.47. The molecule has 8 nitrogen and oxygen atoms in total. The Balaban J connectivity index is 1.46. The first-order chi connectivity index (χ1) is 13.3. The summed E-state index contributed by atoms with van der Waals surface area (Å²) in [7, 11) is -3.89. The number of hydrogen-bond donors (Lipinski definition) is 2. The summed E-state index contributed by atoms with van der Waals surface area (Å²) in [6.07, 6.45) is 0.743. The molecule has 0 aliphatic heterocycles. The average molecular weight is 424 g/mol.